The van der Waals surface area contributed by atoms with Crippen LogP contribution in [-0.4, -0.2) is 28.6 Å². The second-order valence-electron chi connectivity index (χ2n) is 6.64. The number of hydrogen-bond donors (Lipinski definition) is 0. The highest BCUT2D eigenvalue weighted by Crippen LogP contribution is 2.22. The molecule has 0 radical (unpaired) electrons. The lowest BCUT2D eigenvalue weighted by atomic mass is 10.1. The first-order valence-corrected chi connectivity index (χ1v) is 9.81. The van der Waals surface area contributed by atoms with Crippen molar-refractivity contribution in [3.8, 4) is 5.75 Å². The second kappa shape index (κ2) is 9.78. The minimum Gasteiger partial charge on any atom is -0.486 e. The monoisotopic (exact) mass is 393 g/mol. The topological polar surface area (TPSA) is 56.6 Å². The number of imidazole rings is 1. The Balaban J connectivity index is 1.58. The number of hydrogen-bond acceptors (Lipinski definition) is 5. The Hall–Kier alpha value is -3.28. The van der Waals surface area contributed by atoms with Gasteiger partial charge in [0.1, 0.15) is 24.8 Å². The molecule has 0 N–H and O–H groups in total. The van der Waals surface area contributed by atoms with Crippen molar-refractivity contribution in [1.82, 2.24) is 9.55 Å². The fraction of sp³-hybridized carbons (Fsp3) is 0.304. The van der Waals surface area contributed by atoms with Crippen LogP contribution in [-0.2, 0) is 25.0 Å². The van der Waals surface area contributed by atoms with E-state index >= 15 is 0 Å². The minimum absolute atomic E-state index is 0.239. The molecule has 0 atom stereocenters. The minimum atomic E-state index is -0.352. The van der Waals surface area contributed by atoms with E-state index in [2.05, 4.69) is 29.8 Å². The number of para-hydroxylation sites is 1. The lowest BCUT2D eigenvalue weighted by molar-refractivity contribution is 0.0473. The van der Waals surface area contributed by atoms with Crippen LogP contribution < -0.4 is 9.64 Å². The number of rotatable bonds is 9. The fourth-order valence-corrected chi connectivity index (χ4v) is 3.10. The van der Waals surface area contributed by atoms with E-state index < -0.39 is 0 Å². The SMILES string of the molecule is CCN(CC)c1ccccc1COC(=O)c1ccc(OCc2nccn2C)cc1. The van der Waals surface area contributed by atoms with Gasteiger partial charge in [-0.3, -0.25) is 0 Å². The van der Waals surface area contributed by atoms with Gasteiger partial charge in [-0.15, -0.1) is 0 Å². The molecule has 0 aliphatic carbocycles. The van der Waals surface area contributed by atoms with E-state index in [1.807, 2.05) is 36.0 Å². The Labute approximate surface area is 171 Å². The lowest BCUT2D eigenvalue weighted by Gasteiger charge is -2.24. The quantitative estimate of drug-likeness (QED) is 0.510. The molecule has 6 heteroatoms. The molecule has 1 aromatic heterocycles. The van der Waals surface area contributed by atoms with Crippen LogP contribution in [0.15, 0.2) is 60.9 Å². The van der Waals surface area contributed by atoms with Gasteiger partial charge in [0.25, 0.3) is 0 Å². The Kier molecular flexibility index (Phi) is 6.89. The van der Waals surface area contributed by atoms with Gasteiger partial charge in [0.05, 0.1) is 5.56 Å². The number of benzene rings is 2. The van der Waals surface area contributed by atoms with Crippen LogP contribution in [0, 0.1) is 0 Å². The van der Waals surface area contributed by atoms with Gasteiger partial charge in [-0.1, -0.05) is 18.2 Å². The molecule has 0 aliphatic heterocycles. The molecule has 6 nitrogen and oxygen atoms in total. The molecule has 152 valence electrons. The van der Waals surface area contributed by atoms with Crippen molar-refractivity contribution in [2.45, 2.75) is 27.1 Å². The number of carbonyl (C=O) groups excluding carboxylic acids is 1. The molecule has 0 saturated heterocycles. The molecule has 0 bridgehead atoms. The van der Waals surface area contributed by atoms with Crippen molar-refractivity contribution in [2.75, 3.05) is 18.0 Å². The van der Waals surface area contributed by atoms with Crippen LogP contribution in [0.5, 0.6) is 5.75 Å². The normalized spacial score (nSPS) is 10.6. The smallest absolute Gasteiger partial charge is 0.338 e. The van der Waals surface area contributed by atoms with Crippen LogP contribution in [0.2, 0.25) is 0 Å². The summed E-state index contributed by atoms with van der Waals surface area (Å²) in [5, 5.41) is 0. The third-order valence-corrected chi connectivity index (χ3v) is 4.83. The van der Waals surface area contributed by atoms with E-state index in [1.54, 1.807) is 30.5 Å². The molecule has 3 aromatic rings. The van der Waals surface area contributed by atoms with Crippen LogP contribution in [0.4, 0.5) is 5.69 Å². The van der Waals surface area contributed by atoms with Gasteiger partial charge in [0, 0.05) is 43.8 Å². The number of anilines is 1. The van der Waals surface area contributed by atoms with Crippen molar-refractivity contribution >= 4 is 11.7 Å². The maximum atomic E-state index is 12.4. The molecular formula is C23H27N3O3. The third kappa shape index (κ3) is 5.16. The highest BCUT2D eigenvalue weighted by molar-refractivity contribution is 5.89. The molecule has 0 fully saturated rings. The largest absolute Gasteiger partial charge is 0.486 e. The number of aromatic nitrogens is 2. The highest BCUT2D eigenvalue weighted by Gasteiger charge is 2.12. The molecule has 0 saturated carbocycles. The highest BCUT2D eigenvalue weighted by atomic mass is 16.5. The molecule has 0 aliphatic rings. The maximum absolute atomic E-state index is 12.4. The Morgan fingerprint density at radius 2 is 1.76 bits per heavy atom. The average molecular weight is 393 g/mol. The predicted octanol–water partition coefficient (Wildman–Crippen LogP) is 4.20. The van der Waals surface area contributed by atoms with Gasteiger partial charge >= 0.3 is 5.97 Å². The first kappa shape index (κ1) is 20.5. The number of nitrogens with zero attached hydrogens (tertiary/aromatic N) is 3. The zero-order valence-corrected chi connectivity index (χ0v) is 17.2. The fourth-order valence-electron chi connectivity index (χ4n) is 3.10. The standard InChI is InChI=1S/C23H27N3O3/c1-4-26(5-2)21-9-7-6-8-19(21)16-29-23(27)18-10-12-20(13-11-18)28-17-22-24-14-15-25(22)3/h6-15H,4-5,16-17H2,1-3H3. The van der Waals surface area contributed by atoms with Gasteiger partial charge < -0.3 is 18.9 Å². The Morgan fingerprint density at radius 1 is 1.03 bits per heavy atom. The summed E-state index contributed by atoms with van der Waals surface area (Å²) in [5.74, 6) is 1.16. The molecule has 0 unspecified atom stereocenters. The van der Waals surface area contributed by atoms with Crippen LogP contribution in [0.3, 0.4) is 0 Å². The van der Waals surface area contributed by atoms with Gasteiger partial charge in [-0.05, 0) is 44.2 Å². The number of esters is 1. The van der Waals surface area contributed by atoms with Gasteiger partial charge in [-0.25, -0.2) is 9.78 Å². The summed E-state index contributed by atoms with van der Waals surface area (Å²) in [6.07, 6.45) is 3.60. The van der Waals surface area contributed by atoms with Crippen LogP contribution >= 0.6 is 0 Å². The van der Waals surface area contributed by atoms with Crippen molar-refractivity contribution in [3.63, 3.8) is 0 Å². The van der Waals surface area contributed by atoms with Gasteiger partial charge in [-0.2, -0.15) is 0 Å². The summed E-state index contributed by atoms with van der Waals surface area (Å²) in [4.78, 5) is 18.9. The van der Waals surface area contributed by atoms with Gasteiger partial charge in [0.15, 0.2) is 0 Å². The van der Waals surface area contributed by atoms with E-state index in [9.17, 15) is 4.79 Å². The summed E-state index contributed by atoms with van der Waals surface area (Å²) < 4.78 is 13.2. The molecule has 0 amide bonds. The Bertz CT molecular complexity index is 931. The van der Waals surface area contributed by atoms with E-state index in [-0.39, 0.29) is 12.6 Å². The summed E-state index contributed by atoms with van der Waals surface area (Å²) >= 11 is 0. The first-order valence-electron chi connectivity index (χ1n) is 9.81. The van der Waals surface area contributed by atoms with Crippen LogP contribution in [0.25, 0.3) is 0 Å². The zero-order valence-electron chi connectivity index (χ0n) is 17.2. The van der Waals surface area contributed by atoms with Crippen molar-refractivity contribution < 1.29 is 14.3 Å². The summed E-state index contributed by atoms with van der Waals surface area (Å²) in [7, 11) is 1.92. The van der Waals surface area contributed by atoms with Crippen LogP contribution in [0.1, 0.15) is 35.6 Å². The first-order chi connectivity index (χ1) is 14.1. The van der Waals surface area contributed by atoms with E-state index in [4.69, 9.17) is 9.47 Å². The predicted molar refractivity (Wildman–Crippen MR) is 113 cm³/mol. The molecule has 0 spiro atoms. The Morgan fingerprint density at radius 3 is 2.41 bits per heavy atom. The van der Waals surface area contributed by atoms with Crippen molar-refractivity contribution in [3.05, 3.63) is 77.9 Å². The lowest BCUT2D eigenvalue weighted by Crippen LogP contribution is -2.23. The zero-order chi connectivity index (χ0) is 20.6. The van der Waals surface area contributed by atoms with Crippen molar-refractivity contribution in [2.24, 2.45) is 7.05 Å². The van der Waals surface area contributed by atoms with Gasteiger partial charge in [0.2, 0.25) is 0 Å². The van der Waals surface area contributed by atoms with E-state index in [1.165, 1.54) is 0 Å². The van der Waals surface area contributed by atoms with Crippen molar-refractivity contribution in [1.29, 1.82) is 0 Å². The second-order valence-corrected chi connectivity index (χ2v) is 6.64. The molecular weight excluding hydrogens is 366 g/mol. The average Bonchev–Trinajstić information content (AvgIpc) is 3.17. The van der Waals surface area contributed by atoms with E-state index in [0.717, 1.165) is 30.2 Å². The molecule has 1 heterocycles. The number of ether oxygens (including phenoxy) is 2. The molecule has 3 rings (SSSR count). The maximum Gasteiger partial charge on any atom is 0.338 e. The summed E-state index contributed by atoms with van der Waals surface area (Å²) in [6.45, 7) is 6.65. The summed E-state index contributed by atoms with van der Waals surface area (Å²) in [6, 6.07) is 15.0. The number of aryl methyl sites for hydroxylation is 1. The molecule has 29 heavy (non-hydrogen) atoms. The summed E-state index contributed by atoms with van der Waals surface area (Å²) in [5.41, 5.74) is 2.59. The van der Waals surface area contributed by atoms with E-state index in [0.29, 0.717) is 17.9 Å². The number of carbonyl (C=O) groups is 1. The molecule has 2 aromatic carbocycles. The third-order valence-electron chi connectivity index (χ3n) is 4.83.